The Morgan fingerprint density at radius 2 is 2.00 bits per heavy atom. The second kappa shape index (κ2) is 6.86. The molecule has 1 rings (SSSR count). The number of likely N-dealkylation sites (tertiary alicyclic amines) is 1. The van der Waals surface area contributed by atoms with Gasteiger partial charge in [-0.1, -0.05) is 21.3 Å². The van der Waals surface area contributed by atoms with Crippen LogP contribution in [0.25, 0.3) is 0 Å². The first-order chi connectivity index (χ1) is 5.61. The summed E-state index contributed by atoms with van der Waals surface area (Å²) >= 11 is 0. The van der Waals surface area contributed by atoms with Gasteiger partial charge < -0.3 is 10.8 Å². The van der Waals surface area contributed by atoms with E-state index in [2.05, 4.69) is 0 Å². The van der Waals surface area contributed by atoms with E-state index in [4.69, 9.17) is 10.8 Å². The van der Waals surface area contributed by atoms with Gasteiger partial charge >= 0.3 is 5.97 Å². The minimum absolute atomic E-state index is 0. The highest BCUT2D eigenvalue weighted by Crippen LogP contribution is 2.13. The Morgan fingerprint density at radius 3 is 2.15 bits per heavy atom. The van der Waals surface area contributed by atoms with Crippen molar-refractivity contribution in [3.05, 3.63) is 0 Å². The highest BCUT2D eigenvalue weighted by molar-refractivity contribution is 5.73. The first-order valence-electron chi connectivity index (χ1n) is 4.30. The topological polar surface area (TPSA) is 66.6 Å². The van der Waals surface area contributed by atoms with Gasteiger partial charge in [-0.15, -0.1) is 0 Å². The molecule has 4 heteroatoms. The second-order valence-electron chi connectivity index (χ2n) is 2.79. The van der Waals surface area contributed by atoms with Crippen molar-refractivity contribution in [3.63, 3.8) is 0 Å². The van der Waals surface area contributed by atoms with Crippen molar-refractivity contribution in [1.29, 1.82) is 0 Å². The molecule has 0 aromatic rings. The molecule has 4 nitrogen and oxygen atoms in total. The van der Waals surface area contributed by atoms with E-state index >= 15 is 0 Å². The summed E-state index contributed by atoms with van der Waals surface area (Å²) in [6.07, 6.45) is 0.575. The van der Waals surface area contributed by atoms with Gasteiger partial charge in [0, 0.05) is 12.6 Å². The molecule has 0 aromatic carbocycles. The summed E-state index contributed by atoms with van der Waals surface area (Å²) in [5.74, 6) is -0.768. The maximum atomic E-state index is 10.5. The molecule has 0 spiro atoms. The van der Waals surface area contributed by atoms with E-state index in [-0.39, 0.29) is 19.5 Å². The molecule has 1 fully saturated rings. The van der Waals surface area contributed by atoms with Crippen LogP contribution < -0.4 is 5.73 Å². The summed E-state index contributed by atoms with van der Waals surface area (Å²) < 4.78 is 0. The molecule has 3 N–H and O–H groups in total. The smallest absolute Gasteiger partial charge is 0.320 e. The van der Waals surface area contributed by atoms with Crippen LogP contribution in [0.5, 0.6) is 0 Å². The average molecular weight is 190 g/mol. The molecule has 0 radical (unpaired) electrons. The molecule has 1 aliphatic rings. The summed E-state index contributed by atoms with van der Waals surface area (Å²) in [5.41, 5.74) is 5.55. The molecular weight excluding hydrogens is 168 g/mol. The van der Waals surface area contributed by atoms with Gasteiger partial charge in [-0.2, -0.15) is 0 Å². The molecule has 1 heterocycles. The highest BCUT2D eigenvalue weighted by Gasteiger charge is 2.31. The number of aliphatic carboxylic acids is 1. The quantitative estimate of drug-likeness (QED) is 0.641. The van der Waals surface area contributed by atoms with Crippen LogP contribution in [0.4, 0.5) is 0 Å². The Labute approximate surface area is 80.7 Å². The van der Waals surface area contributed by atoms with E-state index in [1.807, 2.05) is 13.8 Å². The summed E-state index contributed by atoms with van der Waals surface area (Å²) in [6.45, 7) is 4.69. The maximum Gasteiger partial charge on any atom is 0.320 e. The zero-order chi connectivity index (χ0) is 9.72. The maximum absolute atomic E-state index is 10.5. The number of hydrogen-bond donors (Lipinski definition) is 2. The van der Waals surface area contributed by atoms with Crippen molar-refractivity contribution in [3.8, 4) is 0 Å². The van der Waals surface area contributed by atoms with Crippen LogP contribution >= 0.6 is 0 Å². The molecule has 0 saturated carbocycles. The fourth-order valence-corrected chi connectivity index (χ4v) is 1.33. The zero-order valence-corrected chi connectivity index (χ0v) is 7.95. The molecule has 0 bridgehead atoms. The van der Waals surface area contributed by atoms with E-state index < -0.39 is 5.97 Å². The predicted molar refractivity (Wildman–Crippen MR) is 54.7 cm³/mol. The van der Waals surface area contributed by atoms with Gasteiger partial charge in [0.15, 0.2) is 0 Å². The van der Waals surface area contributed by atoms with Crippen LogP contribution in [-0.4, -0.2) is 41.7 Å². The Bertz CT molecular complexity index is 151. The molecule has 80 valence electrons. The van der Waals surface area contributed by atoms with Crippen LogP contribution in [0.2, 0.25) is 0 Å². The fraction of sp³-hybridized carbons (Fsp3) is 0.889. The summed E-state index contributed by atoms with van der Waals surface area (Å²) in [7, 11) is 1.78. The van der Waals surface area contributed by atoms with E-state index in [0.29, 0.717) is 13.0 Å². The summed E-state index contributed by atoms with van der Waals surface area (Å²) in [4.78, 5) is 12.2. The van der Waals surface area contributed by atoms with Crippen LogP contribution in [0.1, 0.15) is 27.7 Å². The van der Waals surface area contributed by atoms with Crippen LogP contribution in [0.3, 0.4) is 0 Å². The second-order valence-corrected chi connectivity index (χ2v) is 2.79. The predicted octanol–water partition coefficient (Wildman–Crippen LogP) is 0.765. The largest absolute Gasteiger partial charge is 0.480 e. The minimum atomic E-state index is -0.768. The van der Waals surface area contributed by atoms with Crippen molar-refractivity contribution >= 4 is 5.97 Å². The normalized spacial score (nSPS) is 27.1. The number of nitrogens with zero attached hydrogens (tertiary/aromatic N) is 1. The molecule has 0 aliphatic carbocycles. The number of likely N-dealkylation sites (N-methyl/N-ethyl adjacent to an activating group) is 1. The van der Waals surface area contributed by atoms with E-state index in [0.717, 1.165) is 0 Å². The third-order valence-corrected chi connectivity index (χ3v) is 1.87. The molecule has 0 amide bonds. The van der Waals surface area contributed by atoms with Gasteiger partial charge in [0.1, 0.15) is 6.04 Å². The van der Waals surface area contributed by atoms with Crippen molar-refractivity contribution in [2.75, 3.05) is 13.6 Å². The van der Waals surface area contributed by atoms with Crippen LogP contribution in [0, 0.1) is 0 Å². The Hall–Kier alpha value is -0.610. The molecular formula is C9H22N2O2. The van der Waals surface area contributed by atoms with Gasteiger partial charge in [-0.25, -0.2) is 0 Å². The minimum Gasteiger partial charge on any atom is -0.480 e. The van der Waals surface area contributed by atoms with Crippen molar-refractivity contribution in [2.45, 2.75) is 39.8 Å². The lowest BCUT2D eigenvalue weighted by atomic mass is 10.2. The first kappa shape index (κ1) is 14.9. The summed E-state index contributed by atoms with van der Waals surface area (Å²) in [5, 5.41) is 8.60. The fourth-order valence-electron chi connectivity index (χ4n) is 1.33. The average Bonchev–Trinajstić information content (AvgIpc) is 2.34. The van der Waals surface area contributed by atoms with E-state index in [1.54, 1.807) is 11.9 Å². The number of hydrogen-bond acceptors (Lipinski definition) is 3. The third kappa shape index (κ3) is 4.24. The third-order valence-electron chi connectivity index (χ3n) is 1.87. The van der Waals surface area contributed by atoms with Crippen LogP contribution in [0.15, 0.2) is 0 Å². The van der Waals surface area contributed by atoms with Gasteiger partial charge in [-0.3, -0.25) is 9.69 Å². The van der Waals surface area contributed by atoms with E-state index in [1.165, 1.54) is 0 Å². The molecule has 1 saturated heterocycles. The Kier molecular flexibility index (Phi) is 7.85. The van der Waals surface area contributed by atoms with Crippen molar-refractivity contribution < 1.29 is 9.90 Å². The lowest BCUT2D eigenvalue weighted by Crippen LogP contribution is -2.32. The van der Waals surface area contributed by atoms with Crippen molar-refractivity contribution in [2.24, 2.45) is 5.73 Å². The van der Waals surface area contributed by atoms with Crippen LogP contribution in [-0.2, 0) is 4.79 Å². The lowest BCUT2D eigenvalue weighted by Gasteiger charge is -2.12. The molecule has 0 aromatic heterocycles. The standard InChI is InChI=1S/C6H12N2O2.C2H6.CH4/c1-8-3-4(7)2-5(8)6(9)10;1-2;/h4-5H,2-3,7H2,1H3,(H,9,10);1-2H3;1H4. The number of nitrogens with two attached hydrogens (primary N) is 1. The highest BCUT2D eigenvalue weighted by atomic mass is 16.4. The van der Waals surface area contributed by atoms with Gasteiger partial charge in [0.2, 0.25) is 0 Å². The van der Waals surface area contributed by atoms with Gasteiger partial charge in [0.05, 0.1) is 0 Å². The van der Waals surface area contributed by atoms with Gasteiger partial charge in [0.25, 0.3) is 0 Å². The molecule has 13 heavy (non-hydrogen) atoms. The van der Waals surface area contributed by atoms with Gasteiger partial charge in [-0.05, 0) is 13.5 Å². The first-order valence-corrected chi connectivity index (χ1v) is 4.30. The number of carbonyl (C=O) groups is 1. The lowest BCUT2D eigenvalue weighted by molar-refractivity contribution is -0.141. The molecule has 2 atom stereocenters. The number of carboxylic acid groups (broad SMARTS) is 1. The van der Waals surface area contributed by atoms with Crippen molar-refractivity contribution in [1.82, 2.24) is 4.90 Å². The Balaban J connectivity index is 0. The Morgan fingerprint density at radius 1 is 1.54 bits per heavy atom. The SMILES string of the molecule is C.CC.CN1CC(N)CC1C(=O)O. The zero-order valence-electron chi connectivity index (χ0n) is 7.95. The number of carboxylic acids is 1. The molecule has 2 unspecified atom stereocenters. The number of rotatable bonds is 1. The molecule has 1 aliphatic heterocycles. The summed E-state index contributed by atoms with van der Waals surface area (Å²) in [6, 6.07) is -0.332. The van der Waals surface area contributed by atoms with E-state index in [9.17, 15) is 4.79 Å². The monoisotopic (exact) mass is 190 g/mol.